The average Bonchev–Trinajstić information content (AvgIpc) is 2.47. The molecular formula is C17H26N2O. The Labute approximate surface area is 122 Å². The molecule has 20 heavy (non-hydrogen) atoms. The van der Waals surface area contributed by atoms with Crippen LogP contribution in [-0.2, 0) is 4.79 Å². The fourth-order valence-corrected chi connectivity index (χ4v) is 3.25. The molecule has 3 atom stereocenters. The summed E-state index contributed by atoms with van der Waals surface area (Å²) in [4.78, 5) is 14.4. The van der Waals surface area contributed by atoms with E-state index in [9.17, 15) is 4.79 Å². The zero-order chi connectivity index (χ0) is 14.5. The summed E-state index contributed by atoms with van der Waals surface area (Å²) in [6.45, 7) is 6.79. The lowest BCUT2D eigenvalue weighted by Gasteiger charge is -2.38. The van der Waals surface area contributed by atoms with E-state index in [-0.39, 0.29) is 11.8 Å². The van der Waals surface area contributed by atoms with Gasteiger partial charge in [0, 0.05) is 25.6 Å². The van der Waals surface area contributed by atoms with Gasteiger partial charge < -0.3 is 10.2 Å². The second kappa shape index (κ2) is 6.89. The van der Waals surface area contributed by atoms with Gasteiger partial charge in [0.25, 0.3) is 0 Å². The van der Waals surface area contributed by atoms with Crippen LogP contribution < -0.4 is 5.32 Å². The van der Waals surface area contributed by atoms with Crippen molar-refractivity contribution < 1.29 is 4.79 Å². The Hall–Kier alpha value is -1.35. The average molecular weight is 274 g/mol. The van der Waals surface area contributed by atoms with Crippen LogP contribution in [0, 0.1) is 11.8 Å². The number of hydrogen-bond acceptors (Lipinski definition) is 2. The van der Waals surface area contributed by atoms with E-state index in [1.165, 1.54) is 5.56 Å². The van der Waals surface area contributed by atoms with E-state index in [0.29, 0.717) is 11.8 Å². The summed E-state index contributed by atoms with van der Waals surface area (Å²) in [5.41, 5.74) is 1.41. The molecule has 3 nitrogen and oxygen atoms in total. The van der Waals surface area contributed by atoms with Crippen LogP contribution in [0.4, 0.5) is 0 Å². The van der Waals surface area contributed by atoms with Crippen molar-refractivity contribution in [2.45, 2.75) is 26.2 Å². The molecule has 110 valence electrons. The smallest absolute Gasteiger partial charge is 0.226 e. The summed E-state index contributed by atoms with van der Waals surface area (Å²) in [7, 11) is 1.90. The van der Waals surface area contributed by atoms with Gasteiger partial charge in [-0.2, -0.15) is 0 Å². The SMILES string of the molecule is CNCC(C)C(=O)N1CCC(c2ccccc2)C(C)C1. The molecular weight excluding hydrogens is 248 g/mol. The highest BCUT2D eigenvalue weighted by Crippen LogP contribution is 2.32. The van der Waals surface area contributed by atoms with Crippen LogP contribution in [0.15, 0.2) is 30.3 Å². The minimum Gasteiger partial charge on any atom is -0.342 e. The fourth-order valence-electron chi connectivity index (χ4n) is 3.25. The van der Waals surface area contributed by atoms with E-state index < -0.39 is 0 Å². The number of carbonyl (C=O) groups excluding carboxylic acids is 1. The van der Waals surface area contributed by atoms with Gasteiger partial charge in [-0.15, -0.1) is 0 Å². The van der Waals surface area contributed by atoms with Crippen molar-refractivity contribution >= 4 is 5.91 Å². The molecule has 1 fully saturated rings. The summed E-state index contributed by atoms with van der Waals surface area (Å²) in [6.07, 6.45) is 1.07. The predicted molar refractivity (Wildman–Crippen MR) is 82.6 cm³/mol. The van der Waals surface area contributed by atoms with E-state index >= 15 is 0 Å². The van der Waals surface area contributed by atoms with E-state index in [2.05, 4.69) is 42.6 Å². The van der Waals surface area contributed by atoms with Crippen molar-refractivity contribution in [3.05, 3.63) is 35.9 Å². The van der Waals surface area contributed by atoms with Crippen molar-refractivity contribution in [2.24, 2.45) is 11.8 Å². The molecule has 0 saturated carbocycles. The van der Waals surface area contributed by atoms with Gasteiger partial charge in [0.1, 0.15) is 0 Å². The molecule has 1 aliphatic heterocycles. The summed E-state index contributed by atoms with van der Waals surface area (Å²) >= 11 is 0. The van der Waals surface area contributed by atoms with Crippen molar-refractivity contribution in [3.63, 3.8) is 0 Å². The van der Waals surface area contributed by atoms with E-state index in [4.69, 9.17) is 0 Å². The highest BCUT2D eigenvalue weighted by Gasteiger charge is 2.30. The van der Waals surface area contributed by atoms with Crippen LogP contribution in [0.25, 0.3) is 0 Å². The lowest BCUT2D eigenvalue weighted by atomic mass is 9.81. The molecule has 1 N–H and O–H groups in total. The third kappa shape index (κ3) is 3.40. The van der Waals surface area contributed by atoms with Crippen molar-refractivity contribution in [2.75, 3.05) is 26.7 Å². The Morgan fingerprint density at radius 2 is 2.10 bits per heavy atom. The Bertz CT molecular complexity index is 432. The summed E-state index contributed by atoms with van der Waals surface area (Å²) in [5.74, 6) is 1.47. The van der Waals surface area contributed by atoms with Gasteiger partial charge in [-0.25, -0.2) is 0 Å². The van der Waals surface area contributed by atoms with E-state index in [0.717, 1.165) is 26.1 Å². The first-order valence-electron chi connectivity index (χ1n) is 7.61. The zero-order valence-corrected chi connectivity index (χ0v) is 12.8. The molecule has 1 amide bonds. The number of amides is 1. The molecule has 0 aliphatic carbocycles. The molecule has 1 aromatic carbocycles. The molecule has 1 aliphatic rings. The largest absolute Gasteiger partial charge is 0.342 e. The maximum absolute atomic E-state index is 12.4. The number of carbonyl (C=O) groups is 1. The minimum absolute atomic E-state index is 0.0699. The van der Waals surface area contributed by atoms with Crippen molar-refractivity contribution in [3.8, 4) is 0 Å². The van der Waals surface area contributed by atoms with Crippen LogP contribution in [0.2, 0.25) is 0 Å². The van der Waals surface area contributed by atoms with Crippen LogP contribution >= 0.6 is 0 Å². The summed E-state index contributed by atoms with van der Waals surface area (Å²) < 4.78 is 0. The number of nitrogens with zero attached hydrogens (tertiary/aromatic N) is 1. The fraction of sp³-hybridized carbons (Fsp3) is 0.588. The molecule has 0 bridgehead atoms. The summed E-state index contributed by atoms with van der Waals surface area (Å²) in [6, 6.07) is 10.7. The van der Waals surface area contributed by atoms with Crippen molar-refractivity contribution in [1.82, 2.24) is 10.2 Å². The van der Waals surface area contributed by atoms with E-state index in [1.54, 1.807) is 0 Å². The highest BCUT2D eigenvalue weighted by molar-refractivity contribution is 5.78. The lowest BCUT2D eigenvalue weighted by molar-refractivity contribution is -0.136. The molecule has 3 unspecified atom stereocenters. The number of hydrogen-bond donors (Lipinski definition) is 1. The molecule has 2 rings (SSSR count). The Kier molecular flexibility index (Phi) is 5.18. The standard InChI is InChI=1S/C17H26N2O/c1-13(11-18-3)17(20)19-10-9-16(14(2)12-19)15-7-5-4-6-8-15/h4-8,13-14,16,18H,9-12H2,1-3H3. The molecule has 1 heterocycles. The van der Waals surface area contributed by atoms with Gasteiger partial charge >= 0.3 is 0 Å². The quantitative estimate of drug-likeness (QED) is 0.915. The molecule has 1 aromatic rings. The zero-order valence-electron chi connectivity index (χ0n) is 12.8. The maximum atomic E-state index is 12.4. The monoisotopic (exact) mass is 274 g/mol. The van der Waals surface area contributed by atoms with Crippen LogP contribution in [-0.4, -0.2) is 37.5 Å². The van der Waals surface area contributed by atoms with Gasteiger partial charge in [-0.3, -0.25) is 4.79 Å². The Morgan fingerprint density at radius 1 is 1.40 bits per heavy atom. The number of nitrogens with one attached hydrogen (secondary N) is 1. The molecule has 0 radical (unpaired) electrons. The number of rotatable bonds is 4. The second-order valence-corrected chi connectivity index (χ2v) is 6.03. The van der Waals surface area contributed by atoms with Crippen molar-refractivity contribution in [1.29, 1.82) is 0 Å². The Balaban J connectivity index is 1.97. The molecule has 3 heteroatoms. The first-order valence-corrected chi connectivity index (χ1v) is 7.61. The summed E-state index contributed by atoms with van der Waals surface area (Å²) in [5, 5.41) is 3.09. The van der Waals surface area contributed by atoms with Gasteiger partial charge in [0.2, 0.25) is 5.91 Å². The normalized spacial score (nSPS) is 24.4. The highest BCUT2D eigenvalue weighted by atomic mass is 16.2. The minimum atomic E-state index is 0.0699. The Morgan fingerprint density at radius 3 is 2.70 bits per heavy atom. The maximum Gasteiger partial charge on any atom is 0.226 e. The number of benzene rings is 1. The van der Waals surface area contributed by atoms with Gasteiger partial charge in [-0.05, 0) is 30.9 Å². The van der Waals surface area contributed by atoms with Crippen LogP contribution in [0.3, 0.4) is 0 Å². The first-order chi connectivity index (χ1) is 9.63. The van der Waals surface area contributed by atoms with Gasteiger partial charge in [-0.1, -0.05) is 44.2 Å². The van der Waals surface area contributed by atoms with E-state index in [1.807, 2.05) is 18.9 Å². The third-order valence-corrected chi connectivity index (χ3v) is 4.38. The lowest BCUT2D eigenvalue weighted by Crippen LogP contribution is -2.45. The first kappa shape index (κ1) is 15.0. The molecule has 0 aromatic heterocycles. The topological polar surface area (TPSA) is 32.3 Å². The number of piperidine rings is 1. The van der Waals surface area contributed by atoms with Crippen LogP contribution in [0.5, 0.6) is 0 Å². The third-order valence-electron chi connectivity index (χ3n) is 4.38. The number of likely N-dealkylation sites (tertiary alicyclic amines) is 1. The van der Waals surface area contributed by atoms with Crippen LogP contribution in [0.1, 0.15) is 31.7 Å². The second-order valence-electron chi connectivity index (χ2n) is 6.03. The molecule has 0 spiro atoms. The molecule has 1 saturated heterocycles. The van der Waals surface area contributed by atoms with Gasteiger partial charge in [0.05, 0.1) is 0 Å². The predicted octanol–water partition coefficient (Wildman–Crippen LogP) is 2.49. The van der Waals surface area contributed by atoms with Gasteiger partial charge in [0.15, 0.2) is 0 Å².